The highest BCUT2D eigenvalue weighted by Gasteiger charge is 2.29. The van der Waals surface area contributed by atoms with E-state index < -0.39 is 0 Å². The van der Waals surface area contributed by atoms with E-state index in [2.05, 4.69) is 23.5 Å². The second kappa shape index (κ2) is 5.07. The summed E-state index contributed by atoms with van der Waals surface area (Å²) in [7, 11) is 0. The van der Waals surface area contributed by atoms with Crippen molar-refractivity contribution in [2.75, 3.05) is 11.4 Å². The molecule has 2 aliphatic heterocycles. The van der Waals surface area contributed by atoms with E-state index >= 15 is 0 Å². The van der Waals surface area contributed by atoms with Gasteiger partial charge < -0.3 is 4.90 Å². The van der Waals surface area contributed by atoms with Crippen LogP contribution in [0.4, 0.5) is 5.69 Å². The lowest BCUT2D eigenvalue weighted by Crippen LogP contribution is -2.43. The van der Waals surface area contributed by atoms with Crippen LogP contribution in [-0.2, 0) is 9.59 Å². The highest BCUT2D eigenvalue weighted by Crippen LogP contribution is 2.34. The van der Waals surface area contributed by atoms with Gasteiger partial charge in [0.05, 0.1) is 0 Å². The Morgan fingerprint density at radius 1 is 1.35 bits per heavy atom. The van der Waals surface area contributed by atoms with Crippen molar-refractivity contribution in [1.29, 1.82) is 0 Å². The van der Waals surface area contributed by atoms with Crippen LogP contribution in [0.2, 0.25) is 0 Å². The maximum atomic E-state index is 12.6. The number of carbonyl (C=O) groups excluding carboxylic acids is 2. The van der Waals surface area contributed by atoms with Gasteiger partial charge in [-0.15, -0.1) is 0 Å². The lowest BCUT2D eigenvalue weighted by molar-refractivity contribution is -0.121. The quantitative estimate of drug-likeness (QED) is 0.846. The van der Waals surface area contributed by atoms with Crippen molar-refractivity contribution in [2.45, 2.75) is 32.1 Å². The summed E-state index contributed by atoms with van der Waals surface area (Å²) in [5.74, 6) is 0.238. The van der Waals surface area contributed by atoms with Gasteiger partial charge in [-0.3, -0.25) is 9.59 Å². The third-order valence-electron chi connectivity index (χ3n) is 3.94. The Bertz CT molecular complexity index is 595. The molecule has 20 heavy (non-hydrogen) atoms. The molecule has 1 aromatic carbocycles. The van der Waals surface area contributed by atoms with Crippen molar-refractivity contribution in [3.05, 3.63) is 29.8 Å². The van der Waals surface area contributed by atoms with Gasteiger partial charge in [0.25, 0.3) is 5.91 Å². The van der Waals surface area contributed by atoms with Gasteiger partial charge in [-0.2, -0.15) is 5.10 Å². The molecular weight excluding hydrogens is 254 g/mol. The van der Waals surface area contributed by atoms with Gasteiger partial charge in [0.2, 0.25) is 5.91 Å². The molecule has 0 aromatic heterocycles. The molecule has 2 amide bonds. The second-order valence-electron chi connectivity index (χ2n) is 5.30. The predicted molar refractivity (Wildman–Crippen MR) is 76.6 cm³/mol. The predicted octanol–water partition coefficient (Wildman–Crippen LogP) is 1.79. The Balaban J connectivity index is 1.90. The first-order chi connectivity index (χ1) is 9.66. The normalized spacial score (nSPS) is 21.9. The Morgan fingerprint density at radius 2 is 2.15 bits per heavy atom. The Kier molecular flexibility index (Phi) is 3.26. The standard InChI is InChI=1S/C15H17N3O2/c1-10-8-9-18(13-5-3-2-4-11(10)13)15(20)12-6-7-14(19)17-16-12/h2-5,10H,6-9H2,1H3,(H,17,19). The molecule has 0 saturated heterocycles. The number of nitrogens with zero attached hydrogens (tertiary/aromatic N) is 2. The maximum Gasteiger partial charge on any atom is 0.274 e. The number of carbonyl (C=O) groups is 2. The van der Waals surface area contributed by atoms with Gasteiger partial charge in [-0.1, -0.05) is 25.1 Å². The number of anilines is 1. The summed E-state index contributed by atoms with van der Waals surface area (Å²) >= 11 is 0. The molecular formula is C15H17N3O2. The minimum Gasteiger partial charge on any atom is -0.307 e. The van der Waals surface area contributed by atoms with Crippen molar-refractivity contribution in [2.24, 2.45) is 5.10 Å². The molecule has 0 aliphatic carbocycles. The van der Waals surface area contributed by atoms with Gasteiger partial charge in [0, 0.05) is 25.1 Å². The summed E-state index contributed by atoms with van der Waals surface area (Å²) in [4.78, 5) is 25.5. The van der Waals surface area contributed by atoms with Gasteiger partial charge in [0.1, 0.15) is 5.71 Å². The highest BCUT2D eigenvalue weighted by molar-refractivity contribution is 6.44. The van der Waals surface area contributed by atoms with Crippen molar-refractivity contribution in [3.8, 4) is 0 Å². The van der Waals surface area contributed by atoms with E-state index in [1.54, 1.807) is 4.90 Å². The van der Waals surface area contributed by atoms with Crippen LogP contribution in [0.1, 0.15) is 37.7 Å². The molecule has 5 heteroatoms. The van der Waals surface area contributed by atoms with Crippen LogP contribution in [0, 0.1) is 0 Å². The summed E-state index contributed by atoms with van der Waals surface area (Å²) in [6.45, 7) is 2.88. The molecule has 1 aromatic rings. The number of hydrogen-bond donors (Lipinski definition) is 1. The topological polar surface area (TPSA) is 61.8 Å². The first-order valence-corrected chi connectivity index (χ1v) is 6.93. The number of nitrogens with one attached hydrogen (secondary N) is 1. The number of hydrogen-bond acceptors (Lipinski definition) is 3. The third-order valence-corrected chi connectivity index (χ3v) is 3.94. The van der Waals surface area contributed by atoms with Crippen LogP contribution in [-0.4, -0.2) is 24.1 Å². The molecule has 3 rings (SSSR count). The van der Waals surface area contributed by atoms with Crippen molar-refractivity contribution < 1.29 is 9.59 Å². The second-order valence-corrected chi connectivity index (χ2v) is 5.30. The van der Waals surface area contributed by atoms with Crippen LogP contribution in [0.25, 0.3) is 0 Å². The average molecular weight is 271 g/mol. The average Bonchev–Trinajstić information content (AvgIpc) is 2.48. The summed E-state index contributed by atoms with van der Waals surface area (Å²) < 4.78 is 0. The van der Waals surface area contributed by atoms with E-state index in [9.17, 15) is 9.59 Å². The van der Waals surface area contributed by atoms with Crippen molar-refractivity contribution in [1.82, 2.24) is 5.43 Å². The van der Waals surface area contributed by atoms with Crippen LogP contribution in [0.3, 0.4) is 0 Å². The first-order valence-electron chi connectivity index (χ1n) is 6.93. The van der Waals surface area contributed by atoms with E-state index in [1.165, 1.54) is 5.56 Å². The molecule has 1 atom stereocenters. The zero-order chi connectivity index (χ0) is 14.1. The number of benzene rings is 1. The minimum absolute atomic E-state index is 0.0932. The van der Waals surface area contributed by atoms with E-state index in [4.69, 9.17) is 0 Å². The Morgan fingerprint density at radius 3 is 2.90 bits per heavy atom. The molecule has 1 unspecified atom stereocenters. The van der Waals surface area contributed by atoms with Gasteiger partial charge in [-0.05, 0) is 24.0 Å². The van der Waals surface area contributed by atoms with Crippen LogP contribution in [0.15, 0.2) is 29.4 Å². The maximum absolute atomic E-state index is 12.6. The van der Waals surface area contributed by atoms with Gasteiger partial charge in [0.15, 0.2) is 0 Å². The fraction of sp³-hybridized carbons (Fsp3) is 0.400. The van der Waals surface area contributed by atoms with E-state index in [1.807, 2.05) is 18.2 Å². The SMILES string of the molecule is CC1CCN(C(=O)C2=NNC(=O)CC2)c2ccccc21. The minimum atomic E-state index is -0.130. The molecule has 0 spiro atoms. The van der Waals surface area contributed by atoms with Crippen molar-refractivity contribution >= 4 is 23.2 Å². The van der Waals surface area contributed by atoms with Crippen molar-refractivity contribution in [3.63, 3.8) is 0 Å². The number of hydrazone groups is 1. The molecule has 0 bridgehead atoms. The van der Waals surface area contributed by atoms with Gasteiger partial charge in [-0.25, -0.2) is 5.43 Å². The van der Waals surface area contributed by atoms with E-state index in [0.717, 1.165) is 12.1 Å². The molecule has 104 valence electrons. The Labute approximate surface area is 117 Å². The van der Waals surface area contributed by atoms with Gasteiger partial charge >= 0.3 is 0 Å². The fourth-order valence-corrected chi connectivity index (χ4v) is 2.74. The smallest absolute Gasteiger partial charge is 0.274 e. The zero-order valence-electron chi connectivity index (χ0n) is 11.4. The summed E-state index contributed by atoms with van der Waals surface area (Å²) in [6, 6.07) is 8.00. The lowest BCUT2D eigenvalue weighted by atomic mass is 9.91. The Hall–Kier alpha value is -2.17. The van der Waals surface area contributed by atoms with Crippen LogP contribution in [0.5, 0.6) is 0 Å². The van der Waals surface area contributed by atoms with E-state index in [-0.39, 0.29) is 11.8 Å². The molecule has 2 heterocycles. The summed E-state index contributed by atoms with van der Waals surface area (Å²) in [5.41, 5.74) is 5.00. The largest absolute Gasteiger partial charge is 0.307 e. The number of amides is 2. The zero-order valence-corrected chi connectivity index (χ0v) is 11.4. The highest BCUT2D eigenvalue weighted by atomic mass is 16.2. The molecule has 5 nitrogen and oxygen atoms in total. The lowest BCUT2D eigenvalue weighted by Gasteiger charge is -2.33. The summed E-state index contributed by atoms with van der Waals surface area (Å²) in [5, 5.41) is 3.90. The van der Waals surface area contributed by atoms with Crippen LogP contribution < -0.4 is 10.3 Å². The van der Waals surface area contributed by atoms with Crippen LogP contribution >= 0.6 is 0 Å². The molecule has 0 radical (unpaired) electrons. The molecule has 0 fully saturated rings. The summed E-state index contributed by atoms with van der Waals surface area (Å²) in [6.07, 6.45) is 1.69. The monoisotopic (exact) mass is 271 g/mol. The number of fused-ring (bicyclic) bond motifs is 1. The fourth-order valence-electron chi connectivity index (χ4n) is 2.74. The first kappa shape index (κ1) is 12.8. The molecule has 1 N–H and O–H groups in total. The van der Waals surface area contributed by atoms with E-state index in [0.29, 0.717) is 31.0 Å². The number of para-hydroxylation sites is 1. The third kappa shape index (κ3) is 2.19. The molecule has 0 saturated carbocycles. The number of rotatable bonds is 1. The molecule has 2 aliphatic rings.